The zero-order valence-corrected chi connectivity index (χ0v) is 17.0. The molecule has 1 aliphatic heterocycles. The van der Waals surface area contributed by atoms with E-state index in [1.54, 1.807) is 0 Å². The van der Waals surface area contributed by atoms with Gasteiger partial charge in [-0.1, -0.05) is 37.5 Å². The van der Waals surface area contributed by atoms with Crippen molar-refractivity contribution in [1.82, 2.24) is 20.5 Å². The van der Waals surface area contributed by atoms with Crippen LogP contribution in [0.1, 0.15) is 44.6 Å². The number of hydrogen-bond acceptors (Lipinski definition) is 3. The van der Waals surface area contributed by atoms with E-state index in [1.165, 1.54) is 43.1 Å². The maximum absolute atomic E-state index is 12.8. The molecule has 1 aliphatic carbocycles. The van der Waals surface area contributed by atoms with Gasteiger partial charge in [-0.15, -0.1) is 0 Å². The van der Waals surface area contributed by atoms with E-state index in [0.717, 1.165) is 37.5 Å². The highest BCUT2D eigenvalue weighted by Crippen LogP contribution is 2.29. The van der Waals surface area contributed by atoms with Crippen molar-refractivity contribution >= 4 is 16.8 Å². The van der Waals surface area contributed by atoms with Crippen LogP contribution in [0.3, 0.4) is 0 Å². The van der Waals surface area contributed by atoms with Gasteiger partial charge in [-0.25, -0.2) is 0 Å². The van der Waals surface area contributed by atoms with Gasteiger partial charge in [0.1, 0.15) is 0 Å². The lowest BCUT2D eigenvalue weighted by Gasteiger charge is -2.42. The molecule has 1 aromatic carbocycles. The number of aromatic nitrogens is 1. The number of hydrogen-bond donors (Lipinski definition) is 3. The molecule has 2 fully saturated rings. The number of H-pyrrole nitrogens is 1. The first kappa shape index (κ1) is 19.5. The Labute approximate surface area is 168 Å². The van der Waals surface area contributed by atoms with E-state index >= 15 is 0 Å². The van der Waals surface area contributed by atoms with Crippen LogP contribution in [0.2, 0.25) is 0 Å². The first-order valence-electron chi connectivity index (χ1n) is 11.0. The zero-order valence-electron chi connectivity index (χ0n) is 17.0. The van der Waals surface area contributed by atoms with E-state index in [9.17, 15) is 4.79 Å². The molecule has 0 spiro atoms. The number of carbonyl (C=O) groups excluding carboxylic acids is 1. The van der Waals surface area contributed by atoms with Crippen LogP contribution >= 0.6 is 0 Å². The SMILES string of the molecule is CC(Cc1c[nH]c2ccccc12)NC(=O)CN1CCNCC1C1CCCCC1. The molecule has 2 heterocycles. The van der Waals surface area contributed by atoms with E-state index in [1.807, 2.05) is 6.07 Å². The second-order valence-electron chi connectivity index (χ2n) is 8.67. The third-order valence-corrected chi connectivity index (χ3v) is 6.55. The summed E-state index contributed by atoms with van der Waals surface area (Å²) in [6.45, 7) is 5.63. The van der Waals surface area contributed by atoms with E-state index in [0.29, 0.717) is 12.6 Å². The molecule has 1 amide bonds. The summed E-state index contributed by atoms with van der Waals surface area (Å²) >= 11 is 0. The van der Waals surface area contributed by atoms with Gasteiger partial charge < -0.3 is 15.6 Å². The van der Waals surface area contributed by atoms with Gasteiger partial charge in [-0.05, 0) is 43.7 Å². The highest BCUT2D eigenvalue weighted by atomic mass is 16.2. The number of nitrogens with one attached hydrogen (secondary N) is 3. The smallest absolute Gasteiger partial charge is 0.234 e. The summed E-state index contributed by atoms with van der Waals surface area (Å²) in [7, 11) is 0. The van der Waals surface area contributed by atoms with Gasteiger partial charge in [0.2, 0.25) is 5.91 Å². The van der Waals surface area contributed by atoms with E-state index < -0.39 is 0 Å². The van der Waals surface area contributed by atoms with Crippen LogP contribution in [0.25, 0.3) is 10.9 Å². The van der Waals surface area contributed by atoms with Gasteiger partial charge in [-0.2, -0.15) is 0 Å². The first-order valence-corrected chi connectivity index (χ1v) is 11.0. The molecular weight excluding hydrogens is 348 g/mol. The molecule has 1 saturated heterocycles. The third-order valence-electron chi connectivity index (χ3n) is 6.55. The average molecular weight is 383 g/mol. The minimum absolute atomic E-state index is 0.128. The minimum Gasteiger partial charge on any atom is -0.361 e. The predicted octanol–water partition coefficient (Wildman–Crippen LogP) is 3.07. The fourth-order valence-electron chi connectivity index (χ4n) is 5.13. The Bertz CT molecular complexity index is 780. The molecule has 2 atom stereocenters. The topological polar surface area (TPSA) is 60.2 Å². The van der Waals surface area contributed by atoms with Crippen molar-refractivity contribution in [2.75, 3.05) is 26.2 Å². The Morgan fingerprint density at radius 1 is 1.25 bits per heavy atom. The van der Waals surface area contributed by atoms with Crippen LogP contribution in [-0.4, -0.2) is 54.1 Å². The van der Waals surface area contributed by atoms with Crippen LogP contribution in [0.4, 0.5) is 0 Å². The molecule has 1 aromatic heterocycles. The van der Waals surface area contributed by atoms with Gasteiger partial charge >= 0.3 is 0 Å². The van der Waals surface area contributed by atoms with Crippen molar-refractivity contribution in [2.24, 2.45) is 5.92 Å². The lowest BCUT2D eigenvalue weighted by Crippen LogP contribution is -2.57. The van der Waals surface area contributed by atoms with E-state index in [-0.39, 0.29) is 11.9 Å². The van der Waals surface area contributed by atoms with Crippen molar-refractivity contribution in [2.45, 2.75) is 57.5 Å². The van der Waals surface area contributed by atoms with Crippen molar-refractivity contribution in [3.8, 4) is 0 Å². The van der Waals surface area contributed by atoms with Gasteiger partial charge in [0.15, 0.2) is 0 Å². The van der Waals surface area contributed by atoms with Crippen LogP contribution < -0.4 is 10.6 Å². The van der Waals surface area contributed by atoms with E-state index in [2.05, 4.69) is 51.8 Å². The summed E-state index contributed by atoms with van der Waals surface area (Å²) in [6.07, 6.45) is 9.64. The lowest BCUT2D eigenvalue weighted by molar-refractivity contribution is -0.124. The van der Waals surface area contributed by atoms with Crippen molar-refractivity contribution in [3.05, 3.63) is 36.0 Å². The van der Waals surface area contributed by atoms with Gasteiger partial charge in [0, 0.05) is 48.8 Å². The van der Waals surface area contributed by atoms with Crippen LogP contribution in [0.5, 0.6) is 0 Å². The molecule has 5 nitrogen and oxygen atoms in total. The molecule has 5 heteroatoms. The Morgan fingerprint density at radius 3 is 2.93 bits per heavy atom. The van der Waals surface area contributed by atoms with Crippen molar-refractivity contribution in [1.29, 1.82) is 0 Å². The monoisotopic (exact) mass is 382 g/mol. The Hall–Kier alpha value is -1.85. The minimum atomic E-state index is 0.128. The van der Waals surface area contributed by atoms with E-state index in [4.69, 9.17) is 0 Å². The maximum Gasteiger partial charge on any atom is 0.234 e. The second-order valence-corrected chi connectivity index (χ2v) is 8.67. The average Bonchev–Trinajstić information content (AvgIpc) is 3.12. The standard InChI is InChI=1S/C23H34N4O/c1-17(13-19-14-25-21-10-6-5-9-20(19)21)26-23(28)16-27-12-11-24-15-22(27)18-7-3-2-4-8-18/h5-6,9-10,14,17-18,22,24-25H,2-4,7-8,11-13,15-16H2,1H3,(H,26,28). The number of benzene rings is 1. The molecule has 152 valence electrons. The number of nitrogens with zero attached hydrogens (tertiary/aromatic N) is 1. The molecular formula is C23H34N4O. The second kappa shape index (κ2) is 9.10. The molecule has 1 saturated carbocycles. The number of para-hydroxylation sites is 1. The number of aromatic amines is 1. The fourth-order valence-corrected chi connectivity index (χ4v) is 5.13. The molecule has 2 aromatic rings. The molecule has 2 unspecified atom stereocenters. The first-order chi connectivity index (χ1) is 13.7. The fraction of sp³-hybridized carbons (Fsp3) is 0.609. The summed E-state index contributed by atoms with van der Waals surface area (Å²) in [5.41, 5.74) is 2.43. The van der Waals surface area contributed by atoms with Gasteiger partial charge in [0.25, 0.3) is 0 Å². The van der Waals surface area contributed by atoms with Gasteiger partial charge in [-0.3, -0.25) is 9.69 Å². The third kappa shape index (κ3) is 4.58. The summed E-state index contributed by atoms with van der Waals surface area (Å²) in [5, 5.41) is 8.04. The molecule has 0 bridgehead atoms. The largest absolute Gasteiger partial charge is 0.361 e. The predicted molar refractivity (Wildman–Crippen MR) is 114 cm³/mol. The van der Waals surface area contributed by atoms with Crippen LogP contribution in [0, 0.1) is 5.92 Å². The van der Waals surface area contributed by atoms with Crippen molar-refractivity contribution in [3.63, 3.8) is 0 Å². The van der Waals surface area contributed by atoms with Gasteiger partial charge in [0.05, 0.1) is 6.54 Å². The maximum atomic E-state index is 12.8. The summed E-state index contributed by atoms with van der Waals surface area (Å²) < 4.78 is 0. The number of amides is 1. The number of fused-ring (bicyclic) bond motifs is 1. The Balaban J connectivity index is 1.32. The van der Waals surface area contributed by atoms with Crippen LogP contribution in [0.15, 0.2) is 30.5 Å². The summed E-state index contributed by atoms with van der Waals surface area (Å²) in [4.78, 5) is 18.5. The molecule has 0 radical (unpaired) electrons. The van der Waals surface area contributed by atoms with Crippen LogP contribution in [-0.2, 0) is 11.2 Å². The molecule has 4 rings (SSSR count). The molecule has 28 heavy (non-hydrogen) atoms. The quantitative estimate of drug-likeness (QED) is 0.720. The lowest BCUT2D eigenvalue weighted by atomic mass is 9.82. The highest BCUT2D eigenvalue weighted by Gasteiger charge is 2.31. The summed E-state index contributed by atoms with van der Waals surface area (Å²) in [5.74, 6) is 0.910. The number of rotatable bonds is 6. The Kier molecular flexibility index (Phi) is 6.33. The Morgan fingerprint density at radius 2 is 2.07 bits per heavy atom. The normalized spacial score (nSPS) is 23.0. The number of piperazine rings is 1. The molecule has 3 N–H and O–H groups in total. The molecule has 2 aliphatic rings. The van der Waals surface area contributed by atoms with Crippen molar-refractivity contribution < 1.29 is 4.79 Å². The highest BCUT2D eigenvalue weighted by molar-refractivity contribution is 5.83. The number of carbonyl (C=O) groups is 1. The summed E-state index contributed by atoms with van der Waals surface area (Å²) in [6, 6.07) is 9.00. The zero-order chi connectivity index (χ0) is 19.3.